The molecule has 1 unspecified atom stereocenters. The molecule has 0 spiro atoms. The molecular formula is C16H26N2O3. The molecule has 21 heavy (non-hydrogen) atoms. The summed E-state index contributed by atoms with van der Waals surface area (Å²) < 4.78 is 10.7. The molecule has 1 saturated heterocycles. The number of nitrogens with zero attached hydrogens (tertiary/aromatic N) is 2. The van der Waals surface area contributed by atoms with Crippen LogP contribution in [0.2, 0.25) is 0 Å². The van der Waals surface area contributed by atoms with Gasteiger partial charge in [0.15, 0.2) is 0 Å². The van der Waals surface area contributed by atoms with Gasteiger partial charge in [0.05, 0.1) is 26.3 Å². The Kier molecular flexibility index (Phi) is 5.04. The quantitative estimate of drug-likeness (QED) is 0.799. The van der Waals surface area contributed by atoms with Gasteiger partial charge in [0.25, 0.3) is 0 Å². The van der Waals surface area contributed by atoms with E-state index in [0.29, 0.717) is 13.0 Å². The molecule has 0 N–H and O–H groups in total. The molecule has 1 aliphatic heterocycles. The van der Waals surface area contributed by atoms with E-state index >= 15 is 0 Å². The Bertz CT molecular complexity index is 476. The molecule has 1 aromatic rings. The Hall–Kier alpha value is -1.36. The highest BCUT2D eigenvalue weighted by molar-refractivity contribution is 5.69. The van der Waals surface area contributed by atoms with Crippen LogP contribution in [0.15, 0.2) is 10.6 Å². The molecule has 0 amide bonds. The molecule has 0 aliphatic carbocycles. The zero-order valence-corrected chi connectivity index (χ0v) is 13.5. The first kappa shape index (κ1) is 16.0. The van der Waals surface area contributed by atoms with E-state index in [-0.39, 0.29) is 17.4 Å². The van der Waals surface area contributed by atoms with Crippen LogP contribution >= 0.6 is 0 Å². The number of carbonyl (C=O) groups excluding carboxylic acids is 1. The second kappa shape index (κ2) is 6.60. The number of likely N-dealkylation sites (tertiary alicyclic amines) is 1. The van der Waals surface area contributed by atoms with E-state index in [1.807, 2.05) is 6.20 Å². The fourth-order valence-electron chi connectivity index (χ4n) is 2.68. The topological polar surface area (TPSA) is 55.6 Å². The molecule has 0 radical (unpaired) electrons. The summed E-state index contributed by atoms with van der Waals surface area (Å²) in [7, 11) is 1.44. The first-order valence-corrected chi connectivity index (χ1v) is 7.66. The number of methoxy groups -OCH3 is 1. The lowest BCUT2D eigenvalue weighted by molar-refractivity contribution is -0.142. The summed E-state index contributed by atoms with van der Waals surface area (Å²) in [4.78, 5) is 18.2. The predicted molar refractivity (Wildman–Crippen MR) is 79.9 cm³/mol. The van der Waals surface area contributed by atoms with Gasteiger partial charge in [-0.1, -0.05) is 27.2 Å². The molecule has 2 heterocycles. The maximum absolute atomic E-state index is 11.5. The number of esters is 1. The Morgan fingerprint density at radius 2 is 2.24 bits per heavy atom. The number of rotatable bonds is 4. The molecule has 5 nitrogen and oxygen atoms in total. The van der Waals surface area contributed by atoms with Crippen molar-refractivity contribution >= 4 is 5.97 Å². The van der Waals surface area contributed by atoms with Gasteiger partial charge in [0.1, 0.15) is 5.76 Å². The maximum Gasteiger partial charge on any atom is 0.307 e. The smallest absolute Gasteiger partial charge is 0.307 e. The summed E-state index contributed by atoms with van der Waals surface area (Å²) in [5.41, 5.74) is -0.0292. The van der Waals surface area contributed by atoms with Crippen LogP contribution in [0.1, 0.15) is 58.1 Å². The number of hydrogen-bond donors (Lipinski definition) is 0. The normalized spacial score (nSPS) is 20.5. The van der Waals surface area contributed by atoms with Crippen LogP contribution in [-0.2, 0) is 21.5 Å². The second-order valence-corrected chi connectivity index (χ2v) is 6.77. The summed E-state index contributed by atoms with van der Waals surface area (Å²) in [5.74, 6) is 1.49. The van der Waals surface area contributed by atoms with Gasteiger partial charge in [-0.25, -0.2) is 4.98 Å². The van der Waals surface area contributed by atoms with Crippen molar-refractivity contribution in [2.24, 2.45) is 0 Å². The molecule has 5 heteroatoms. The Morgan fingerprint density at radius 1 is 1.48 bits per heavy atom. The summed E-state index contributed by atoms with van der Waals surface area (Å²) in [6.07, 6.45) is 5.61. The van der Waals surface area contributed by atoms with E-state index in [1.54, 1.807) is 0 Å². The fraction of sp³-hybridized carbons (Fsp3) is 0.750. The standard InChI is InChI=1S/C16H26N2O3/c1-16(2,3)13-10-17-14(21-13)11-18-8-6-5-7-12(18)9-15(19)20-4/h10,12H,5-9,11H2,1-4H3. The predicted octanol–water partition coefficient (Wildman–Crippen LogP) is 2.89. The minimum absolute atomic E-state index is 0.0292. The number of piperidine rings is 1. The van der Waals surface area contributed by atoms with Crippen LogP contribution in [0, 0.1) is 0 Å². The molecule has 118 valence electrons. The fourth-order valence-corrected chi connectivity index (χ4v) is 2.68. The molecule has 1 aliphatic rings. The maximum atomic E-state index is 11.5. The van der Waals surface area contributed by atoms with Crippen molar-refractivity contribution in [2.75, 3.05) is 13.7 Å². The zero-order chi connectivity index (χ0) is 15.5. The third-order valence-electron chi connectivity index (χ3n) is 4.01. The third-order valence-corrected chi connectivity index (χ3v) is 4.01. The lowest BCUT2D eigenvalue weighted by Gasteiger charge is -2.34. The van der Waals surface area contributed by atoms with Crippen molar-refractivity contribution in [3.63, 3.8) is 0 Å². The number of carbonyl (C=O) groups is 1. The van der Waals surface area contributed by atoms with Crippen molar-refractivity contribution in [3.05, 3.63) is 17.8 Å². The highest BCUT2D eigenvalue weighted by Crippen LogP contribution is 2.25. The summed E-state index contributed by atoms with van der Waals surface area (Å²) in [5, 5.41) is 0. The van der Waals surface area contributed by atoms with Crippen LogP contribution in [0.3, 0.4) is 0 Å². The molecule has 0 saturated carbocycles. The number of aromatic nitrogens is 1. The minimum Gasteiger partial charge on any atom is -0.469 e. The van der Waals surface area contributed by atoms with E-state index in [1.165, 1.54) is 7.11 Å². The molecule has 0 bridgehead atoms. The Labute approximate surface area is 126 Å². The molecule has 1 fully saturated rings. The lowest BCUT2D eigenvalue weighted by Crippen LogP contribution is -2.40. The zero-order valence-electron chi connectivity index (χ0n) is 13.5. The Balaban J connectivity index is 2.02. The second-order valence-electron chi connectivity index (χ2n) is 6.77. The van der Waals surface area contributed by atoms with Gasteiger partial charge in [0, 0.05) is 11.5 Å². The average Bonchev–Trinajstić information content (AvgIpc) is 2.89. The van der Waals surface area contributed by atoms with E-state index in [2.05, 4.69) is 30.7 Å². The molecular weight excluding hydrogens is 268 g/mol. The van der Waals surface area contributed by atoms with Crippen LogP contribution < -0.4 is 0 Å². The highest BCUT2D eigenvalue weighted by atomic mass is 16.5. The van der Waals surface area contributed by atoms with Gasteiger partial charge in [-0.15, -0.1) is 0 Å². The number of hydrogen-bond acceptors (Lipinski definition) is 5. The van der Waals surface area contributed by atoms with E-state index < -0.39 is 0 Å². The number of ether oxygens (including phenoxy) is 1. The number of oxazole rings is 1. The minimum atomic E-state index is -0.144. The van der Waals surface area contributed by atoms with Gasteiger partial charge in [-0.3, -0.25) is 9.69 Å². The van der Waals surface area contributed by atoms with Gasteiger partial charge in [-0.05, 0) is 19.4 Å². The van der Waals surface area contributed by atoms with Crippen molar-refractivity contribution in [1.29, 1.82) is 0 Å². The first-order valence-electron chi connectivity index (χ1n) is 7.66. The molecule has 2 rings (SSSR count). The van der Waals surface area contributed by atoms with Crippen LogP contribution in [0.4, 0.5) is 0 Å². The summed E-state index contributed by atoms with van der Waals surface area (Å²) in [6, 6.07) is 0.233. The van der Waals surface area contributed by atoms with Crippen molar-refractivity contribution in [1.82, 2.24) is 9.88 Å². The van der Waals surface area contributed by atoms with Crippen molar-refractivity contribution in [3.8, 4) is 0 Å². The van der Waals surface area contributed by atoms with Crippen LogP contribution in [-0.4, -0.2) is 35.5 Å². The van der Waals surface area contributed by atoms with Gasteiger partial charge >= 0.3 is 5.97 Å². The van der Waals surface area contributed by atoms with Crippen molar-refractivity contribution in [2.45, 2.75) is 64.5 Å². The van der Waals surface area contributed by atoms with E-state index in [0.717, 1.165) is 37.5 Å². The summed E-state index contributed by atoms with van der Waals surface area (Å²) in [6.45, 7) is 7.97. The molecule has 1 aromatic heterocycles. The van der Waals surface area contributed by atoms with Crippen molar-refractivity contribution < 1.29 is 13.9 Å². The largest absolute Gasteiger partial charge is 0.469 e. The lowest BCUT2D eigenvalue weighted by atomic mass is 9.94. The van der Waals surface area contributed by atoms with Crippen LogP contribution in [0.5, 0.6) is 0 Å². The van der Waals surface area contributed by atoms with E-state index in [4.69, 9.17) is 9.15 Å². The average molecular weight is 294 g/mol. The molecule has 1 atom stereocenters. The molecule has 0 aromatic carbocycles. The third kappa shape index (κ3) is 4.30. The Morgan fingerprint density at radius 3 is 2.86 bits per heavy atom. The van der Waals surface area contributed by atoms with E-state index in [9.17, 15) is 4.79 Å². The first-order chi connectivity index (χ1) is 9.90. The van der Waals surface area contributed by atoms with Gasteiger partial charge in [0.2, 0.25) is 5.89 Å². The van der Waals surface area contributed by atoms with Gasteiger partial charge in [-0.2, -0.15) is 0 Å². The summed E-state index contributed by atoms with van der Waals surface area (Å²) >= 11 is 0. The SMILES string of the molecule is COC(=O)CC1CCCCN1Cc1ncc(C(C)(C)C)o1. The monoisotopic (exact) mass is 294 g/mol. The highest BCUT2D eigenvalue weighted by Gasteiger charge is 2.27. The van der Waals surface area contributed by atoms with Crippen LogP contribution in [0.25, 0.3) is 0 Å². The van der Waals surface area contributed by atoms with Gasteiger partial charge < -0.3 is 9.15 Å².